The molecular formula is C22H32BrNO2. The zero-order chi connectivity index (χ0) is 19.2. The molecule has 0 saturated heterocycles. The Morgan fingerprint density at radius 2 is 1.81 bits per heavy atom. The standard InChI is InChI=1S/C17H21NO2.C5H11Br/c1-3-4-5-8-14-13-15(10-11-16(14)19-2)20-17-9-6-7-12-18-17;1-3-5(6)4-2/h6-7,9-13H,3-5,8H2,1-2H3;5H,3-4H2,1-2H3. The van der Waals surface area contributed by atoms with E-state index in [0.29, 0.717) is 5.88 Å². The monoisotopic (exact) mass is 421 g/mol. The number of hydrogen-bond acceptors (Lipinski definition) is 3. The normalized spacial score (nSPS) is 10.2. The molecule has 0 amide bonds. The van der Waals surface area contributed by atoms with E-state index in [-0.39, 0.29) is 0 Å². The van der Waals surface area contributed by atoms with Gasteiger partial charge in [-0.05, 0) is 55.5 Å². The molecule has 0 bridgehead atoms. The van der Waals surface area contributed by atoms with Gasteiger partial charge in [-0.25, -0.2) is 4.98 Å². The predicted molar refractivity (Wildman–Crippen MR) is 114 cm³/mol. The highest BCUT2D eigenvalue weighted by molar-refractivity contribution is 9.09. The number of pyridine rings is 1. The molecule has 0 unspecified atom stereocenters. The van der Waals surface area contributed by atoms with Crippen LogP contribution in [0.2, 0.25) is 0 Å². The van der Waals surface area contributed by atoms with E-state index < -0.39 is 0 Å². The Kier molecular flexibility index (Phi) is 11.8. The molecule has 4 heteroatoms. The number of methoxy groups -OCH3 is 1. The van der Waals surface area contributed by atoms with Gasteiger partial charge in [0.1, 0.15) is 11.5 Å². The van der Waals surface area contributed by atoms with Crippen molar-refractivity contribution >= 4 is 15.9 Å². The minimum atomic E-state index is 0.608. The molecule has 0 fully saturated rings. The van der Waals surface area contributed by atoms with Crippen molar-refractivity contribution in [3.8, 4) is 17.4 Å². The lowest BCUT2D eigenvalue weighted by Gasteiger charge is -2.11. The largest absolute Gasteiger partial charge is 0.496 e. The SMILES string of the molecule is CCC(Br)CC.CCCCCc1cc(Oc2ccccn2)ccc1OC. The van der Waals surface area contributed by atoms with Crippen LogP contribution in [-0.2, 0) is 6.42 Å². The van der Waals surface area contributed by atoms with E-state index in [2.05, 4.69) is 41.7 Å². The van der Waals surface area contributed by atoms with Crippen LogP contribution in [0.25, 0.3) is 0 Å². The summed E-state index contributed by atoms with van der Waals surface area (Å²) < 4.78 is 11.2. The van der Waals surface area contributed by atoms with Crippen LogP contribution in [0.4, 0.5) is 0 Å². The van der Waals surface area contributed by atoms with Gasteiger partial charge in [0.05, 0.1) is 7.11 Å². The number of aromatic nitrogens is 1. The van der Waals surface area contributed by atoms with Gasteiger partial charge in [0.2, 0.25) is 5.88 Å². The molecule has 144 valence electrons. The fourth-order valence-electron chi connectivity index (χ4n) is 2.40. The van der Waals surface area contributed by atoms with Crippen molar-refractivity contribution in [1.82, 2.24) is 4.98 Å². The minimum absolute atomic E-state index is 0.608. The van der Waals surface area contributed by atoms with Crippen molar-refractivity contribution in [2.75, 3.05) is 7.11 Å². The van der Waals surface area contributed by atoms with Crippen molar-refractivity contribution in [2.45, 2.75) is 64.1 Å². The van der Waals surface area contributed by atoms with Crippen LogP contribution < -0.4 is 9.47 Å². The number of halogens is 1. The van der Waals surface area contributed by atoms with Crippen molar-refractivity contribution < 1.29 is 9.47 Å². The number of nitrogens with zero attached hydrogens (tertiary/aromatic N) is 1. The lowest BCUT2D eigenvalue weighted by Crippen LogP contribution is -1.94. The molecule has 2 rings (SSSR count). The van der Waals surface area contributed by atoms with Crippen LogP contribution >= 0.6 is 15.9 Å². The molecule has 1 aromatic heterocycles. The Labute approximate surface area is 167 Å². The highest BCUT2D eigenvalue weighted by Crippen LogP contribution is 2.28. The Bertz CT molecular complexity index is 600. The third-order valence-electron chi connectivity index (χ3n) is 4.05. The molecule has 0 aliphatic carbocycles. The summed E-state index contributed by atoms with van der Waals surface area (Å²) in [4.78, 5) is 4.92. The molecule has 0 N–H and O–H groups in total. The molecule has 2 aromatic rings. The van der Waals surface area contributed by atoms with Crippen molar-refractivity contribution in [1.29, 1.82) is 0 Å². The maximum Gasteiger partial charge on any atom is 0.219 e. The van der Waals surface area contributed by atoms with Crippen molar-refractivity contribution in [3.63, 3.8) is 0 Å². The average molecular weight is 422 g/mol. The number of hydrogen-bond donors (Lipinski definition) is 0. The average Bonchev–Trinajstić information content (AvgIpc) is 2.69. The van der Waals surface area contributed by atoms with Crippen LogP contribution in [-0.4, -0.2) is 16.9 Å². The van der Waals surface area contributed by atoms with Gasteiger partial charge in [-0.3, -0.25) is 0 Å². The summed E-state index contributed by atoms with van der Waals surface area (Å²) in [5.41, 5.74) is 1.19. The number of alkyl halides is 1. The van der Waals surface area contributed by atoms with Gasteiger partial charge in [-0.15, -0.1) is 0 Å². The number of unbranched alkanes of at least 4 members (excludes halogenated alkanes) is 2. The summed E-state index contributed by atoms with van der Waals surface area (Å²) >= 11 is 3.48. The summed E-state index contributed by atoms with van der Waals surface area (Å²) in [6.07, 6.45) is 8.84. The fraction of sp³-hybridized carbons (Fsp3) is 0.500. The fourth-order valence-corrected chi connectivity index (χ4v) is 2.40. The van der Waals surface area contributed by atoms with Gasteiger partial charge in [-0.1, -0.05) is 55.6 Å². The molecule has 26 heavy (non-hydrogen) atoms. The van der Waals surface area contributed by atoms with E-state index in [0.717, 1.165) is 22.7 Å². The summed E-state index contributed by atoms with van der Waals surface area (Å²) in [5, 5.41) is 0. The summed E-state index contributed by atoms with van der Waals surface area (Å²) in [5.74, 6) is 2.34. The lowest BCUT2D eigenvalue weighted by atomic mass is 10.1. The first kappa shape index (κ1) is 22.5. The molecule has 0 radical (unpaired) electrons. The first-order valence-electron chi connectivity index (χ1n) is 9.54. The smallest absolute Gasteiger partial charge is 0.219 e. The molecule has 3 nitrogen and oxygen atoms in total. The minimum Gasteiger partial charge on any atom is -0.496 e. The summed E-state index contributed by atoms with van der Waals surface area (Å²) in [7, 11) is 1.71. The van der Waals surface area contributed by atoms with Gasteiger partial charge >= 0.3 is 0 Å². The zero-order valence-corrected chi connectivity index (χ0v) is 18.1. The lowest BCUT2D eigenvalue weighted by molar-refractivity contribution is 0.406. The number of ether oxygens (including phenoxy) is 2. The van der Waals surface area contributed by atoms with Crippen LogP contribution in [0.5, 0.6) is 17.4 Å². The van der Waals surface area contributed by atoms with Crippen molar-refractivity contribution in [2.24, 2.45) is 0 Å². The predicted octanol–water partition coefficient (Wildman–Crippen LogP) is 7.19. The molecule has 0 atom stereocenters. The van der Waals surface area contributed by atoms with Gasteiger partial charge < -0.3 is 9.47 Å². The van der Waals surface area contributed by atoms with E-state index in [4.69, 9.17) is 9.47 Å². The maximum absolute atomic E-state index is 5.76. The van der Waals surface area contributed by atoms with Gasteiger partial charge in [0.15, 0.2) is 0 Å². The van der Waals surface area contributed by atoms with Crippen molar-refractivity contribution in [3.05, 3.63) is 48.2 Å². The molecule has 0 aliphatic heterocycles. The second-order valence-electron chi connectivity index (χ2n) is 6.11. The van der Waals surface area contributed by atoms with Gasteiger partial charge in [-0.2, -0.15) is 0 Å². The number of rotatable bonds is 9. The first-order chi connectivity index (χ1) is 12.6. The Morgan fingerprint density at radius 1 is 1.04 bits per heavy atom. The highest BCUT2D eigenvalue weighted by Gasteiger charge is 2.06. The van der Waals surface area contributed by atoms with E-state index >= 15 is 0 Å². The highest BCUT2D eigenvalue weighted by atomic mass is 79.9. The van der Waals surface area contributed by atoms with E-state index in [1.54, 1.807) is 13.3 Å². The van der Waals surface area contributed by atoms with Crippen LogP contribution in [0.15, 0.2) is 42.6 Å². The third kappa shape index (κ3) is 8.70. The molecule has 0 aliphatic rings. The van der Waals surface area contributed by atoms with Crippen LogP contribution in [0.3, 0.4) is 0 Å². The number of benzene rings is 1. The molecule has 0 saturated carbocycles. The quantitative estimate of drug-likeness (QED) is 0.317. The van der Waals surface area contributed by atoms with E-state index in [9.17, 15) is 0 Å². The zero-order valence-electron chi connectivity index (χ0n) is 16.5. The molecular weight excluding hydrogens is 390 g/mol. The van der Waals surface area contributed by atoms with Crippen LogP contribution in [0, 0.1) is 0 Å². The third-order valence-corrected chi connectivity index (χ3v) is 5.34. The molecule has 0 spiro atoms. The second-order valence-corrected chi connectivity index (χ2v) is 7.41. The Morgan fingerprint density at radius 3 is 2.35 bits per heavy atom. The van der Waals surface area contributed by atoms with Crippen LogP contribution in [0.1, 0.15) is 58.4 Å². The molecule has 1 aromatic carbocycles. The maximum atomic E-state index is 5.76. The van der Waals surface area contributed by atoms with E-state index in [1.807, 2.05) is 36.4 Å². The second kappa shape index (κ2) is 13.6. The first-order valence-corrected chi connectivity index (χ1v) is 10.5. The van der Waals surface area contributed by atoms with E-state index in [1.165, 1.54) is 37.7 Å². The Balaban J connectivity index is 0.000000487. The topological polar surface area (TPSA) is 31.4 Å². The summed E-state index contributed by atoms with van der Waals surface area (Å²) in [6, 6.07) is 11.5. The Hall–Kier alpha value is -1.55. The summed E-state index contributed by atoms with van der Waals surface area (Å²) in [6.45, 7) is 6.57. The molecule has 1 heterocycles. The number of aryl methyl sites for hydroxylation is 1. The van der Waals surface area contributed by atoms with Gasteiger partial charge in [0, 0.05) is 17.1 Å². The van der Waals surface area contributed by atoms with Gasteiger partial charge in [0.25, 0.3) is 0 Å².